The first-order chi connectivity index (χ1) is 9.90. The van der Waals surface area contributed by atoms with Crippen LogP contribution < -0.4 is 5.32 Å². The minimum absolute atomic E-state index is 0.00676. The van der Waals surface area contributed by atoms with Gasteiger partial charge in [0, 0.05) is 29.5 Å². The first-order valence-electron chi connectivity index (χ1n) is 6.73. The number of nitrogens with zero attached hydrogens (tertiary/aromatic N) is 3. The Hall–Kier alpha value is -2.33. The summed E-state index contributed by atoms with van der Waals surface area (Å²) in [6.07, 6.45) is 7.03. The molecule has 3 aromatic rings. The fourth-order valence-electron chi connectivity index (χ4n) is 2.40. The van der Waals surface area contributed by atoms with Crippen LogP contribution in [0.5, 0.6) is 0 Å². The lowest BCUT2D eigenvalue weighted by Crippen LogP contribution is -2.23. The predicted octanol–water partition coefficient (Wildman–Crippen LogP) is 2.72. The Balaban J connectivity index is 2.15. The van der Waals surface area contributed by atoms with Crippen molar-refractivity contribution >= 4 is 10.9 Å². The molecule has 0 spiro atoms. The summed E-state index contributed by atoms with van der Waals surface area (Å²) >= 11 is 0. The summed E-state index contributed by atoms with van der Waals surface area (Å²) in [6.45, 7) is 2.94. The van der Waals surface area contributed by atoms with Gasteiger partial charge < -0.3 is 5.32 Å². The molecule has 0 radical (unpaired) electrons. The zero-order chi connectivity index (χ0) is 13.8. The number of pyridine rings is 1. The Morgan fingerprint density at radius 3 is 2.75 bits per heavy atom. The summed E-state index contributed by atoms with van der Waals surface area (Å²) in [5.41, 5.74) is 3.05. The average molecular weight is 264 g/mol. The van der Waals surface area contributed by atoms with Gasteiger partial charge in [0.15, 0.2) is 0 Å². The zero-order valence-corrected chi connectivity index (χ0v) is 11.3. The van der Waals surface area contributed by atoms with Crippen molar-refractivity contribution < 1.29 is 0 Å². The third-order valence-electron chi connectivity index (χ3n) is 3.26. The molecule has 2 heterocycles. The topological polar surface area (TPSA) is 50.7 Å². The number of hydrogen-bond acceptors (Lipinski definition) is 4. The van der Waals surface area contributed by atoms with Crippen LogP contribution in [0.4, 0.5) is 0 Å². The van der Waals surface area contributed by atoms with E-state index < -0.39 is 0 Å². The normalized spacial score (nSPS) is 12.4. The number of benzene rings is 1. The molecule has 4 heteroatoms. The van der Waals surface area contributed by atoms with Gasteiger partial charge in [0.25, 0.3) is 0 Å². The van der Waals surface area contributed by atoms with Crippen molar-refractivity contribution in [2.75, 3.05) is 6.54 Å². The summed E-state index contributed by atoms with van der Waals surface area (Å²) < 4.78 is 0. The fraction of sp³-hybridized carbons (Fsp3) is 0.188. The molecule has 0 aliphatic carbocycles. The van der Waals surface area contributed by atoms with Crippen LogP contribution in [-0.2, 0) is 0 Å². The van der Waals surface area contributed by atoms with Crippen LogP contribution >= 0.6 is 0 Å². The lowest BCUT2D eigenvalue weighted by Gasteiger charge is -2.18. The predicted molar refractivity (Wildman–Crippen MR) is 79.3 cm³/mol. The molecule has 1 N–H and O–H groups in total. The molecule has 1 unspecified atom stereocenters. The van der Waals surface area contributed by atoms with Crippen LogP contribution in [0.2, 0.25) is 0 Å². The van der Waals surface area contributed by atoms with Gasteiger partial charge in [-0.1, -0.05) is 31.2 Å². The lowest BCUT2D eigenvalue weighted by atomic mass is 10.0. The first kappa shape index (κ1) is 12.7. The van der Waals surface area contributed by atoms with E-state index >= 15 is 0 Å². The van der Waals surface area contributed by atoms with Gasteiger partial charge in [-0.3, -0.25) is 15.0 Å². The Morgan fingerprint density at radius 1 is 1.05 bits per heavy atom. The fourth-order valence-corrected chi connectivity index (χ4v) is 2.40. The minimum Gasteiger partial charge on any atom is -0.305 e. The van der Waals surface area contributed by atoms with Crippen LogP contribution in [0.1, 0.15) is 24.2 Å². The quantitative estimate of drug-likeness (QED) is 0.787. The van der Waals surface area contributed by atoms with E-state index in [2.05, 4.69) is 51.5 Å². The number of para-hydroxylation sites is 1. The van der Waals surface area contributed by atoms with Crippen molar-refractivity contribution in [1.29, 1.82) is 0 Å². The summed E-state index contributed by atoms with van der Waals surface area (Å²) in [7, 11) is 0. The highest BCUT2D eigenvalue weighted by atomic mass is 14.9. The van der Waals surface area contributed by atoms with Crippen LogP contribution in [-0.4, -0.2) is 21.5 Å². The maximum Gasteiger partial charge on any atom is 0.0802 e. The van der Waals surface area contributed by atoms with Crippen LogP contribution in [0.3, 0.4) is 0 Å². The zero-order valence-electron chi connectivity index (χ0n) is 11.3. The van der Waals surface area contributed by atoms with Gasteiger partial charge >= 0.3 is 0 Å². The molecule has 0 saturated carbocycles. The molecule has 4 nitrogen and oxygen atoms in total. The van der Waals surface area contributed by atoms with Gasteiger partial charge in [-0.2, -0.15) is 0 Å². The maximum atomic E-state index is 4.52. The summed E-state index contributed by atoms with van der Waals surface area (Å²) in [5, 5.41) is 4.60. The lowest BCUT2D eigenvalue weighted by molar-refractivity contribution is 0.615. The summed E-state index contributed by atoms with van der Waals surface area (Å²) in [4.78, 5) is 13.1. The standard InChI is InChI=1S/C16H16N4/c1-2-18-16(14-11-17-9-10-19-14)13-7-3-5-12-6-4-8-20-15(12)13/h3-11,16,18H,2H2,1H3. The maximum absolute atomic E-state index is 4.52. The minimum atomic E-state index is 0.00676. The number of nitrogens with one attached hydrogen (secondary N) is 1. The molecule has 2 aromatic heterocycles. The van der Waals surface area contributed by atoms with Crippen LogP contribution in [0.15, 0.2) is 55.1 Å². The molecule has 20 heavy (non-hydrogen) atoms. The van der Waals surface area contributed by atoms with Gasteiger partial charge in [0.05, 0.1) is 23.4 Å². The SMILES string of the molecule is CCNC(c1cnccn1)c1cccc2cccnc12. The third kappa shape index (κ3) is 2.38. The molecule has 100 valence electrons. The number of aromatic nitrogens is 3. The van der Waals surface area contributed by atoms with Crippen molar-refractivity contribution in [3.8, 4) is 0 Å². The molecular formula is C16H16N4. The molecule has 1 atom stereocenters. The Bertz CT molecular complexity index is 692. The van der Waals surface area contributed by atoms with E-state index in [-0.39, 0.29) is 6.04 Å². The molecule has 0 aliphatic rings. The smallest absolute Gasteiger partial charge is 0.0802 e. The van der Waals surface area contributed by atoms with E-state index in [1.807, 2.05) is 12.3 Å². The molecule has 0 fully saturated rings. The van der Waals surface area contributed by atoms with Crippen molar-refractivity contribution in [2.24, 2.45) is 0 Å². The Kier molecular flexibility index (Phi) is 3.65. The molecule has 1 aromatic carbocycles. The highest BCUT2D eigenvalue weighted by Crippen LogP contribution is 2.26. The van der Waals surface area contributed by atoms with Crippen molar-refractivity contribution in [1.82, 2.24) is 20.3 Å². The van der Waals surface area contributed by atoms with Crippen LogP contribution in [0, 0.1) is 0 Å². The summed E-state index contributed by atoms with van der Waals surface area (Å²) in [6, 6.07) is 10.3. The first-order valence-corrected chi connectivity index (χ1v) is 6.73. The molecule has 0 aliphatic heterocycles. The highest BCUT2D eigenvalue weighted by Gasteiger charge is 2.17. The van der Waals surface area contributed by atoms with Gasteiger partial charge in [0.1, 0.15) is 0 Å². The number of rotatable bonds is 4. The molecule has 0 amide bonds. The van der Waals surface area contributed by atoms with Gasteiger partial charge in [-0.15, -0.1) is 0 Å². The highest BCUT2D eigenvalue weighted by molar-refractivity contribution is 5.82. The van der Waals surface area contributed by atoms with Gasteiger partial charge in [-0.05, 0) is 12.6 Å². The average Bonchev–Trinajstić information content (AvgIpc) is 2.53. The van der Waals surface area contributed by atoms with E-state index in [0.29, 0.717) is 0 Å². The third-order valence-corrected chi connectivity index (χ3v) is 3.26. The second kappa shape index (κ2) is 5.75. The number of hydrogen-bond donors (Lipinski definition) is 1. The van der Waals surface area contributed by atoms with Crippen molar-refractivity contribution in [2.45, 2.75) is 13.0 Å². The van der Waals surface area contributed by atoms with Crippen molar-refractivity contribution in [3.05, 3.63) is 66.4 Å². The van der Waals surface area contributed by atoms with Crippen LogP contribution in [0.25, 0.3) is 10.9 Å². The monoisotopic (exact) mass is 264 g/mol. The molecule has 0 saturated heterocycles. The Labute approximate surface area is 117 Å². The second-order valence-electron chi connectivity index (χ2n) is 4.54. The molecular weight excluding hydrogens is 248 g/mol. The van der Waals surface area contributed by atoms with E-state index in [1.165, 1.54) is 0 Å². The van der Waals surface area contributed by atoms with E-state index in [0.717, 1.165) is 28.7 Å². The summed E-state index contributed by atoms with van der Waals surface area (Å²) in [5.74, 6) is 0. The largest absolute Gasteiger partial charge is 0.305 e. The van der Waals surface area contributed by atoms with Gasteiger partial charge in [0.2, 0.25) is 0 Å². The van der Waals surface area contributed by atoms with E-state index in [4.69, 9.17) is 0 Å². The number of fused-ring (bicyclic) bond motifs is 1. The molecule has 3 rings (SSSR count). The Morgan fingerprint density at radius 2 is 1.95 bits per heavy atom. The molecule has 0 bridgehead atoms. The second-order valence-corrected chi connectivity index (χ2v) is 4.54. The van der Waals surface area contributed by atoms with E-state index in [9.17, 15) is 0 Å². The van der Waals surface area contributed by atoms with E-state index in [1.54, 1.807) is 18.6 Å². The van der Waals surface area contributed by atoms with Gasteiger partial charge in [-0.25, -0.2) is 0 Å². The van der Waals surface area contributed by atoms with Crippen molar-refractivity contribution in [3.63, 3.8) is 0 Å².